The van der Waals surface area contributed by atoms with Gasteiger partial charge in [-0.3, -0.25) is 4.79 Å². The van der Waals surface area contributed by atoms with Crippen molar-refractivity contribution in [3.05, 3.63) is 84.6 Å². The van der Waals surface area contributed by atoms with Gasteiger partial charge in [0.25, 0.3) is 5.91 Å². The maximum Gasteiger partial charge on any atom is 0.290 e. The van der Waals surface area contributed by atoms with E-state index in [-0.39, 0.29) is 5.91 Å². The normalized spacial score (nSPS) is 11.8. The Morgan fingerprint density at radius 3 is 2.48 bits per heavy atom. The van der Waals surface area contributed by atoms with Crippen LogP contribution in [0.3, 0.4) is 0 Å². The lowest BCUT2D eigenvalue weighted by atomic mass is 10.2. The number of hydrogen-bond donors (Lipinski definition) is 1. The molecule has 1 unspecified atom stereocenters. The van der Waals surface area contributed by atoms with E-state index in [2.05, 4.69) is 15.4 Å². The zero-order chi connectivity index (χ0) is 20.1. The number of nitrogens with one attached hydrogen (secondary N) is 1. The lowest BCUT2D eigenvalue weighted by molar-refractivity contribution is 0.0713. The number of hydrogen-bond acceptors (Lipinski definition) is 6. The van der Waals surface area contributed by atoms with Crippen molar-refractivity contribution in [1.29, 1.82) is 0 Å². The molecule has 0 bridgehead atoms. The van der Waals surface area contributed by atoms with Crippen molar-refractivity contribution in [3.63, 3.8) is 0 Å². The van der Waals surface area contributed by atoms with Crippen LogP contribution in [0.2, 0.25) is 0 Å². The van der Waals surface area contributed by atoms with E-state index in [0.29, 0.717) is 29.8 Å². The van der Waals surface area contributed by atoms with Crippen LogP contribution in [0, 0.1) is 0 Å². The Balaban J connectivity index is 1.58. The van der Waals surface area contributed by atoms with Crippen molar-refractivity contribution >= 4 is 11.9 Å². The summed E-state index contributed by atoms with van der Waals surface area (Å²) in [6.07, 6.45) is 0.789. The molecular weight excluding hydrogens is 368 g/mol. The molecule has 0 spiro atoms. The highest BCUT2D eigenvalue weighted by Crippen LogP contribution is 2.20. The molecule has 0 fully saturated rings. The van der Waals surface area contributed by atoms with Crippen molar-refractivity contribution in [2.45, 2.75) is 19.6 Å². The summed E-state index contributed by atoms with van der Waals surface area (Å²) in [6, 6.07) is 22.5. The third-order valence-electron chi connectivity index (χ3n) is 4.25. The summed E-state index contributed by atoms with van der Waals surface area (Å²) >= 11 is 0. The second kappa shape index (κ2) is 8.43. The van der Waals surface area contributed by atoms with Gasteiger partial charge in [0.1, 0.15) is 5.75 Å². The first kappa shape index (κ1) is 18.5. The van der Waals surface area contributed by atoms with E-state index in [1.807, 2.05) is 48.5 Å². The fourth-order valence-electron chi connectivity index (χ4n) is 2.79. The molecule has 2 aromatic heterocycles. The van der Waals surface area contributed by atoms with E-state index in [1.165, 1.54) is 10.9 Å². The largest absolute Gasteiger partial charge is 0.481 e. The summed E-state index contributed by atoms with van der Waals surface area (Å²) in [5.41, 5.74) is 1.06. The molecular formula is C22H20N4O3. The van der Waals surface area contributed by atoms with Gasteiger partial charge in [-0.15, -0.1) is 5.10 Å². The third-order valence-corrected chi connectivity index (χ3v) is 4.25. The summed E-state index contributed by atoms with van der Waals surface area (Å²) in [5, 5.41) is 7.53. The Bertz CT molecular complexity index is 1060. The van der Waals surface area contributed by atoms with Gasteiger partial charge in [0.05, 0.1) is 6.26 Å². The second-order valence-corrected chi connectivity index (χ2v) is 6.40. The molecule has 1 N–H and O–H groups in total. The summed E-state index contributed by atoms with van der Waals surface area (Å²) in [4.78, 5) is 17.5. The Labute approximate surface area is 168 Å². The lowest BCUT2D eigenvalue weighted by Crippen LogP contribution is -2.31. The molecule has 4 aromatic rings. The van der Waals surface area contributed by atoms with Crippen LogP contribution < -0.4 is 10.1 Å². The van der Waals surface area contributed by atoms with Crippen molar-refractivity contribution < 1.29 is 13.9 Å². The number of benzene rings is 2. The van der Waals surface area contributed by atoms with Crippen LogP contribution in [0.15, 0.2) is 83.5 Å². The molecule has 1 atom stereocenters. The average molecular weight is 388 g/mol. The van der Waals surface area contributed by atoms with Gasteiger partial charge in [0, 0.05) is 6.54 Å². The number of nitrogens with zero attached hydrogens (tertiary/aromatic N) is 3. The van der Waals surface area contributed by atoms with E-state index >= 15 is 0 Å². The molecule has 0 saturated heterocycles. The number of aromatic nitrogens is 3. The standard InChI is InChI=1S/C22H20N4O3/c1-16(29-18-11-6-3-7-12-18)21(27)26-22(23-15-17-9-4-2-5-10-17)24-20(25-26)19-13-8-14-28-19/h2-14,16H,15H2,1H3,(H,23,24,25). The van der Waals surface area contributed by atoms with Crippen LogP contribution in [0.1, 0.15) is 17.3 Å². The number of anilines is 1. The van der Waals surface area contributed by atoms with Crippen LogP contribution in [0.4, 0.5) is 5.95 Å². The predicted molar refractivity (Wildman–Crippen MR) is 109 cm³/mol. The minimum absolute atomic E-state index is 0.325. The van der Waals surface area contributed by atoms with Crippen LogP contribution in [-0.4, -0.2) is 26.8 Å². The van der Waals surface area contributed by atoms with Crippen molar-refractivity contribution in [2.24, 2.45) is 0 Å². The minimum Gasteiger partial charge on any atom is -0.481 e. The van der Waals surface area contributed by atoms with E-state index < -0.39 is 6.10 Å². The van der Waals surface area contributed by atoms with Crippen LogP contribution in [0.25, 0.3) is 11.6 Å². The zero-order valence-electron chi connectivity index (χ0n) is 15.9. The SMILES string of the molecule is CC(Oc1ccccc1)C(=O)n1nc(-c2ccco2)nc1NCc1ccccc1. The predicted octanol–water partition coefficient (Wildman–Crippen LogP) is 4.26. The number of furan rings is 1. The molecule has 0 aliphatic heterocycles. The quantitative estimate of drug-likeness (QED) is 0.509. The summed E-state index contributed by atoms with van der Waals surface area (Å²) < 4.78 is 12.4. The number of ether oxygens (including phenoxy) is 1. The van der Waals surface area contributed by atoms with Gasteiger partial charge >= 0.3 is 0 Å². The fraction of sp³-hybridized carbons (Fsp3) is 0.136. The molecule has 0 aliphatic carbocycles. The highest BCUT2D eigenvalue weighted by molar-refractivity contribution is 5.85. The Hall–Kier alpha value is -3.87. The highest BCUT2D eigenvalue weighted by atomic mass is 16.5. The Kier molecular flexibility index (Phi) is 5.38. The van der Waals surface area contributed by atoms with Gasteiger partial charge in [-0.2, -0.15) is 9.67 Å². The molecule has 146 valence electrons. The zero-order valence-corrected chi connectivity index (χ0v) is 15.9. The van der Waals surface area contributed by atoms with Crippen molar-refractivity contribution in [2.75, 3.05) is 5.32 Å². The molecule has 2 heterocycles. The third kappa shape index (κ3) is 4.35. The highest BCUT2D eigenvalue weighted by Gasteiger charge is 2.24. The number of rotatable bonds is 7. The first-order valence-electron chi connectivity index (χ1n) is 9.25. The van der Waals surface area contributed by atoms with Crippen molar-refractivity contribution in [3.8, 4) is 17.3 Å². The molecule has 0 saturated carbocycles. The van der Waals surface area contributed by atoms with Crippen molar-refractivity contribution in [1.82, 2.24) is 14.8 Å². The summed E-state index contributed by atoms with van der Waals surface area (Å²) in [5.74, 6) is 1.41. The fourth-order valence-corrected chi connectivity index (χ4v) is 2.79. The molecule has 2 aromatic carbocycles. The molecule has 4 rings (SSSR count). The van der Waals surface area contributed by atoms with Crippen LogP contribution >= 0.6 is 0 Å². The van der Waals surface area contributed by atoms with E-state index in [9.17, 15) is 4.79 Å². The second-order valence-electron chi connectivity index (χ2n) is 6.40. The maximum atomic E-state index is 13.0. The lowest BCUT2D eigenvalue weighted by Gasteiger charge is -2.14. The Morgan fingerprint density at radius 1 is 1.07 bits per heavy atom. The van der Waals surface area contributed by atoms with Gasteiger partial charge in [-0.1, -0.05) is 48.5 Å². The smallest absolute Gasteiger partial charge is 0.290 e. The maximum absolute atomic E-state index is 13.0. The van der Waals surface area contributed by atoms with Gasteiger partial charge in [0.15, 0.2) is 11.9 Å². The summed E-state index contributed by atoms with van der Waals surface area (Å²) in [7, 11) is 0. The first-order valence-corrected chi connectivity index (χ1v) is 9.25. The monoisotopic (exact) mass is 388 g/mol. The van der Waals surface area contributed by atoms with Crippen LogP contribution in [0.5, 0.6) is 5.75 Å². The Morgan fingerprint density at radius 2 is 1.79 bits per heavy atom. The van der Waals surface area contributed by atoms with Gasteiger partial charge in [0.2, 0.25) is 11.8 Å². The molecule has 7 nitrogen and oxygen atoms in total. The van der Waals surface area contributed by atoms with E-state index in [1.54, 1.807) is 31.2 Å². The number of para-hydroxylation sites is 1. The molecule has 7 heteroatoms. The molecule has 29 heavy (non-hydrogen) atoms. The van der Waals surface area contributed by atoms with Gasteiger partial charge < -0.3 is 14.5 Å². The first-order chi connectivity index (χ1) is 14.2. The number of carbonyl (C=O) groups excluding carboxylic acids is 1. The van der Waals surface area contributed by atoms with Gasteiger partial charge in [-0.25, -0.2) is 0 Å². The van der Waals surface area contributed by atoms with Gasteiger partial charge in [-0.05, 0) is 36.8 Å². The summed E-state index contributed by atoms with van der Waals surface area (Å²) in [6.45, 7) is 2.18. The van der Waals surface area contributed by atoms with E-state index in [4.69, 9.17) is 9.15 Å². The average Bonchev–Trinajstić information content (AvgIpc) is 3.43. The molecule has 0 amide bonds. The molecule has 0 radical (unpaired) electrons. The van der Waals surface area contributed by atoms with E-state index in [0.717, 1.165) is 5.56 Å². The minimum atomic E-state index is -0.749. The van der Waals surface area contributed by atoms with Crippen LogP contribution in [-0.2, 0) is 6.54 Å². The topological polar surface area (TPSA) is 82.2 Å². The number of carbonyl (C=O) groups is 1. The molecule has 0 aliphatic rings.